The Morgan fingerprint density at radius 1 is 1.19 bits per heavy atom. The van der Waals surface area contributed by atoms with Crippen molar-refractivity contribution in [3.8, 4) is 0 Å². The van der Waals surface area contributed by atoms with Crippen molar-refractivity contribution in [3.63, 3.8) is 0 Å². The van der Waals surface area contributed by atoms with E-state index in [1.165, 1.54) is 0 Å². The van der Waals surface area contributed by atoms with E-state index in [1.807, 2.05) is 4.90 Å². The Labute approximate surface area is 126 Å². The lowest BCUT2D eigenvalue weighted by molar-refractivity contribution is -0.146. The van der Waals surface area contributed by atoms with Gasteiger partial charge < -0.3 is 14.7 Å². The number of carboxylic acid groups (broad SMARTS) is 1. The standard InChI is InChI=1S/C16H27NO4/c1-16(2,3)10-13(18)17-7-4-11(5-8-17)14-12(15(19)20)6-9-21-14/h11-12,14H,4-10H2,1-3H3,(H,19,20)/t12?,14-/m0/s1. The van der Waals surface area contributed by atoms with Gasteiger partial charge in [0.2, 0.25) is 5.91 Å². The van der Waals surface area contributed by atoms with Gasteiger partial charge in [0, 0.05) is 26.1 Å². The summed E-state index contributed by atoms with van der Waals surface area (Å²) in [6.45, 7) is 8.22. The van der Waals surface area contributed by atoms with Gasteiger partial charge >= 0.3 is 5.97 Å². The molecule has 2 fully saturated rings. The predicted octanol–water partition coefficient (Wildman–Crippen LogP) is 2.15. The van der Waals surface area contributed by atoms with Crippen LogP contribution in [0.2, 0.25) is 0 Å². The second kappa shape index (κ2) is 6.34. The molecule has 0 aromatic heterocycles. The number of amides is 1. The number of hydrogen-bond donors (Lipinski definition) is 1. The normalized spacial score (nSPS) is 27.9. The van der Waals surface area contributed by atoms with Crippen LogP contribution >= 0.6 is 0 Å². The van der Waals surface area contributed by atoms with Crippen LogP contribution in [0.5, 0.6) is 0 Å². The summed E-state index contributed by atoms with van der Waals surface area (Å²) in [7, 11) is 0. The summed E-state index contributed by atoms with van der Waals surface area (Å²) in [6, 6.07) is 0. The van der Waals surface area contributed by atoms with Crippen LogP contribution in [0.4, 0.5) is 0 Å². The molecule has 0 aromatic carbocycles. The molecule has 0 bridgehead atoms. The number of aliphatic carboxylic acids is 1. The Hall–Kier alpha value is -1.10. The minimum Gasteiger partial charge on any atom is -0.481 e. The minimum atomic E-state index is -0.747. The summed E-state index contributed by atoms with van der Waals surface area (Å²) in [5.74, 6) is -0.633. The van der Waals surface area contributed by atoms with Crippen molar-refractivity contribution >= 4 is 11.9 Å². The fraction of sp³-hybridized carbons (Fsp3) is 0.875. The van der Waals surface area contributed by atoms with Crippen LogP contribution in [0.1, 0.15) is 46.5 Å². The highest BCUT2D eigenvalue weighted by Gasteiger charge is 2.40. The van der Waals surface area contributed by atoms with E-state index >= 15 is 0 Å². The molecule has 0 aromatic rings. The van der Waals surface area contributed by atoms with E-state index in [0.29, 0.717) is 19.4 Å². The van der Waals surface area contributed by atoms with E-state index in [0.717, 1.165) is 25.9 Å². The molecule has 1 unspecified atom stereocenters. The summed E-state index contributed by atoms with van der Waals surface area (Å²) in [5.41, 5.74) is 0.0108. The van der Waals surface area contributed by atoms with Crippen LogP contribution in [0.25, 0.3) is 0 Å². The zero-order valence-electron chi connectivity index (χ0n) is 13.3. The maximum absolute atomic E-state index is 12.2. The number of carboxylic acids is 1. The summed E-state index contributed by atoms with van der Waals surface area (Å²) in [5, 5.41) is 9.24. The van der Waals surface area contributed by atoms with Gasteiger partial charge in [0.05, 0.1) is 12.0 Å². The van der Waals surface area contributed by atoms with E-state index < -0.39 is 5.97 Å². The first-order chi connectivity index (χ1) is 9.78. The molecule has 21 heavy (non-hydrogen) atoms. The van der Waals surface area contributed by atoms with E-state index in [4.69, 9.17) is 4.74 Å². The number of likely N-dealkylation sites (tertiary alicyclic amines) is 1. The molecule has 0 radical (unpaired) electrons. The zero-order valence-corrected chi connectivity index (χ0v) is 13.3. The number of rotatable bonds is 3. The Morgan fingerprint density at radius 2 is 1.81 bits per heavy atom. The zero-order chi connectivity index (χ0) is 15.6. The molecule has 120 valence electrons. The van der Waals surface area contributed by atoms with E-state index in [9.17, 15) is 14.7 Å². The van der Waals surface area contributed by atoms with E-state index in [-0.39, 0.29) is 29.3 Å². The molecule has 2 atom stereocenters. The Bertz CT molecular complexity index is 394. The molecule has 5 nitrogen and oxygen atoms in total. The van der Waals surface area contributed by atoms with Gasteiger partial charge in [-0.05, 0) is 30.6 Å². The lowest BCUT2D eigenvalue weighted by Gasteiger charge is -2.36. The van der Waals surface area contributed by atoms with Gasteiger partial charge in [-0.25, -0.2) is 0 Å². The average Bonchev–Trinajstić information content (AvgIpc) is 2.86. The SMILES string of the molecule is CC(C)(C)CC(=O)N1CCC([C@@H]2OCCC2C(=O)O)CC1. The summed E-state index contributed by atoms with van der Waals surface area (Å²) >= 11 is 0. The van der Waals surface area contributed by atoms with Gasteiger partial charge in [-0.1, -0.05) is 20.8 Å². The van der Waals surface area contributed by atoms with Crippen molar-refractivity contribution in [1.29, 1.82) is 0 Å². The molecular formula is C16H27NO4. The van der Waals surface area contributed by atoms with E-state index in [1.54, 1.807) is 0 Å². The third-order valence-corrected chi connectivity index (χ3v) is 4.49. The maximum Gasteiger partial charge on any atom is 0.309 e. The molecular weight excluding hydrogens is 270 g/mol. The molecule has 0 saturated carbocycles. The lowest BCUT2D eigenvalue weighted by atomic mass is 9.84. The fourth-order valence-corrected chi connectivity index (χ4v) is 3.38. The largest absolute Gasteiger partial charge is 0.481 e. The van der Waals surface area contributed by atoms with Gasteiger partial charge in [-0.3, -0.25) is 9.59 Å². The third kappa shape index (κ3) is 4.19. The van der Waals surface area contributed by atoms with E-state index in [2.05, 4.69) is 20.8 Å². The highest BCUT2D eigenvalue weighted by atomic mass is 16.5. The van der Waals surface area contributed by atoms with Gasteiger partial charge in [0.15, 0.2) is 0 Å². The molecule has 0 aliphatic carbocycles. The Morgan fingerprint density at radius 3 is 2.33 bits per heavy atom. The molecule has 1 amide bonds. The highest BCUT2D eigenvalue weighted by Crippen LogP contribution is 2.33. The maximum atomic E-state index is 12.2. The molecule has 2 aliphatic heterocycles. The van der Waals surface area contributed by atoms with Crippen molar-refractivity contribution in [2.45, 2.75) is 52.6 Å². The van der Waals surface area contributed by atoms with Crippen LogP contribution < -0.4 is 0 Å². The van der Waals surface area contributed by atoms with Crippen molar-refractivity contribution in [1.82, 2.24) is 4.90 Å². The lowest BCUT2D eigenvalue weighted by Crippen LogP contribution is -2.44. The second-order valence-corrected chi connectivity index (χ2v) is 7.52. The monoisotopic (exact) mass is 297 g/mol. The average molecular weight is 297 g/mol. The van der Waals surface area contributed by atoms with Crippen molar-refractivity contribution in [3.05, 3.63) is 0 Å². The summed E-state index contributed by atoms with van der Waals surface area (Å²) in [4.78, 5) is 25.4. The molecule has 2 saturated heterocycles. The molecule has 5 heteroatoms. The van der Waals surface area contributed by atoms with Gasteiger partial charge in [-0.15, -0.1) is 0 Å². The third-order valence-electron chi connectivity index (χ3n) is 4.49. The van der Waals surface area contributed by atoms with Gasteiger partial charge in [0.25, 0.3) is 0 Å². The van der Waals surface area contributed by atoms with Gasteiger partial charge in [-0.2, -0.15) is 0 Å². The number of hydrogen-bond acceptors (Lipinski definition) is 3. The van der Waals surface area contributed by atoms with Crippen LogP contribution in [0.15, 0.2) is 0 Å². The van der Waals surface area contributed by atoms with Crippen LogP contribution in [0.3, 0.4) is 0 Å². The second-order valence-electron chi connectivity index (χ2n) is 7.52. The summed E-state index contributed by atoms with van der Waals surface area (Å²) in [6.07, 6.45) is 2.72. The number of ether oxygens (including phenoxy) is 1. The highest BCUT2D eigenvalue weighted by molar-refractivity contribution is 5.77. The minimum absolute atomic E-state index is 0.0108. The Kier molecular flexibility index (Phi) is 4.91. The summed E-state index contributed by atoms with van der Waals surface area (Å²) < 4.78 is 5.66. The molecule has 2 heterocycles. The van der Waals surface area contributed by atoms with Crippen LogP contribution in [0, 0.1) is 17.3 Å². The Balaban J connectivity index is 1.86. The quantitative estimate of drug-likeness (QED) is 0.867. The molecule has 0 spiro atoms. The van der Waals surface area contributed by atoms with Crippen molar-refractivity contribution in [2.24, 2.45) is 17.3 Å². The number of carbonyl (C=O) groups excluding carboxylic acids is 1. The topological polar surface area (TPSA) is 66.8 Å². The van der Waals surface area contributed by atoms with Crippen molar-refractivity contribution in [2.75, 3.05) is 19.7 Å². The first-order valence-electron chi connectivity index (χ1n) is 7.90. The van der Waals surface area contributed by atoms with Gasteiger partial charge in [0.1, 0.15) is 0 Å². The number of nitrogens with zero attached hydrogens (tertiary/aromatic N) is 1. The number of piperidine rings is 1. The molecule has 2 rings (SSSR count). The molecule has 1 N–H and O–H groups in total. The number of carbonyl (C=O) groups is 2. The fourth-order valence-electron chi connectivity index (χ4n) is 3.38. The van der Waals surface area contributed by atoms with Crippen LogP contribution in [-0.2, 0) is 14.3 Å². The predicted molar refractivity (Wildman–Crippen MR) is 78.9 cm³/mol. The van der Waals surface area contributed by atoms with Crippen molar-refractivity contribution < 1.29 is 19.4 Å². The first-order valence-corrected chi connectivity index (χ1v) is 7.90. The first kappa shape index (κ1) is 16.3. The van der Waals surface area contributed by atoms with Crippen LogP contribution in [-0.4, -0.2) is 47.7 Å². The molecule has 2 aliphatic rings. The smallest absolute Gasteiger partial charge is 0.309 e.